The average molecular weight is 441 g/mol. The molecule has 1 aliphatic heterocycles. The first-order chi connectivity index (χ1) is 14.5. The molecule has 9 heteroatoms. The number of benzene rings is 2. The van der Waals surface area contributed by atoms with E-state index in [1.54, 1.807) is 35.7 Å². The molecule has 0 unspecified atom stereocenters. The van der Waals surface area contributed by atoms with Gasteiger partial charge in [-0.2, -0.15) is 0 Å². The highest BCUT2D eigenvalue weighted by Crippen LogP contribution is 2.32. The van der Waals surface area contributed by atoms with Crippen LogP contribution in [0.3, 0.4) is 0 Å². The van der Waals surface area contributed by atoms with Crippen LogP contribution in [0.5, 0.6) is 0 Å². The van der Waals surface area contributed by atoms with Crippen molar-refractivity contribution >= 4 is 53.3 Å². The van der Waals surface area contributed by atoms with Crippen LogP contribution in [0, 0.1) is 6.92 Å². The van der Waals surface area contributed by atoms with Gasteiger partial charge in [-0.3, -0.25) is 9.71 Å². The van der Waals surface area contributed by atoms with Crippen LogP contribution < -0.4 is 9.62 Å². The molecule has 0 amide bonds. The summed E-state index contributed by atoms with van der Waals surface area (Å²) in [6, 6.07) is 12.5. The van der Waals surface area contributed by atoms with Gasteiger partial charge < -0.3 is 9.64 Å². The van der Waals surface area contributed by atoms with Crippen molar-refractivity contribution in [3.05, 3.63) is 54.2 Å². The lowest BCUT2D eigenvalue weighted by atomic mass is 10.2. The van der Waals surface area contributed by atoms with Crippen molar-refractivity contribution in [3.8, 4) is 0 Å². The van der Waals surface area contributed by atoms with E-state index in [-0.39, 0.29) is 4.90 Å². The van der Waals surface area contributed by atoms with Gasteiger partial charge in [0.05, 0.1) is 34.6 Å². The fourth-order valence-electron chi connectivity index (χ4n) is 3.54. The van der Waals surface area contributed by atoms with Crippen molar-refractivity contribution in [2.24, 2.45) is 0 Å². The topological polar surface area (TPSA) is 84.4 Å². The molecule has 0 aliphatic carbocycles. The summed E-state index contributed by atoms with van der Waals surface area (Å²) in [5.41, 5.74) is 2.80. The van der Waals surface area contributed by atoms with Gasteiger partial charge in [0.15, 0.2) is 5.13 Å². The number of pyridine rings is 1. The number of nitrogens with one attached hydrogen (secondary N) is 1. The van der Waals surface area contributed by atoms with Gasteiger partial charge >= 0.3 is 0 Å². The number of para-hydroxylation sites is 1. The van der Waals surface area contributed by atoms with E-state index in [0.717, 1.165) is 39.4 Å². The molecule has 0 atom stereocenters. The highest BCUT2D eigenvalue weighted by Gasteiger charge is 2.20. The first-order valence-electron chi connectivity index (χ1n) is 9.61. The summed E-state index contributed by atoms with van der Waals surface area (Å²) >= 11 is 1.56. The van der Waals surface area contributed by atoms with Crippen molar-refractivity contribution in [2.45, 2.75) is 11.8 Å². The second-order valence-electron chi connectivity index (χ2n) is 7.22. The number of aryl methyl sites for hydroxylation is 1. The summed E-state index contributed by atoms with van der Waals surface area (Å²) in [4.78, 5) is 11.4. The second-order valence-corrected chi connectivity index (χ2v) is 9.88. The largest absolute Gasteiger partial charge is 0.378 e. The van der Waals surface area contributed by atoms with Crippen molar-refractivity contribution in [1.29, 1.82) is 0 Å². The van der Waals surface area contributed by atoms with Crippen LogP contribution in [0.25, 0.3) is 21.1 Å². The van der Waals surface area contributed by atoms with Crippen LogP contribution >= 0.6 is 11.3 Å². The molecule has 2 aromatic carbocycles. The lowest BCUT2D eigenvalue weighted by Crippen LogP contribution is -2.36. The average Bonchev–Trinajstić information content (AvgIpc) is 3.17. The molecule has 4 aromatic rings. The van der Waals surface area contributed by atoms with Gasteiger partial charge in [0.1, 0.15) is 4.90 Å². The molecule has 1 saturated heterocycles. The molecule has 2 aromatic heterocycles. The Hall–Kier alpha value is -2.75. The molecule has 0 bridgehead atoms. The molecule has 0 spiro atoms. The molecule has 1 fully saturated rings. The van der Waals surface area contributed by atoms with Gasteiger partial charge in [-0.15, -0.1) is 0 Å². The zero-order valence-corrected chi connectivity index (χ0v) is 18.0. The van der Waals surface area contributed by atoms with Gasteiger partial charge in [-0.05, 0) is 42.8 Å². The predicted molar refractivity (Wildman–Crippen MR) is 120 cm³/mol. The predicted octanol–water partition coefficient (Wildman–Crippen LogP) is 3.79. The quantitative estimate of drug-likeness (QED) is 0.520. The van der Waals surface area contributed by atoms with Crippen LogP contribution in [0.4, 0.5) is 10.8 Å². The normalized spacial score (nSPS) is 15.0. The number of thiazole rings is 1. The molecule has 3 heterocycles. The smallest absolute Gasteiger partial charge is 0.264 e. The minimum Gasteiger partial charge on any atom is -0.378 e. The van der Waals surface area contributed by atoms with Crippen LogP contribution in [0.2, 0.25) is 0 Å². The van der Waals surface area contributed by atoms with Gasteiger partial charge in [-0.1, -0.05) is 23.5 Å². The molecule has 0 radical (unpaired) electrons. The van der Waals surface area contributed by atoms with E-state index in [4.69, 9.17) is 4.74 Å². The number of rotatable bonds is 4. The standard InChI is InChI=1S/C21H20N4O3S2/c1-14-11-15-3-2-4-19(20(15)22-13-14)30(26,27)24-16-5-6-17-18(12-16)29-21(23-17)25-7-9-28-10-8-25/h2-6,11-13,24H,7-10H2,1H3. The van der Waals surface area contributed by atoms with Crippen LogP contribution in [-0.2, 0) is 14.8 Å². The lowest BCUT2D eigenvalue weighted by Gasteiger charge is -2.25. The van der Waals surface area contributed by atoms with E-state index >= 15 is 0 Å². The van der Waals surface area contributed by atoms with Gasteiger partial charge in [-0.25, -0.2) is 13.4 Å². The summed E-state index contributed by atoms with van der Waals surface area (Å²) < 4.78 is 35.2. The number of sulfonamides is 1. The number of aromatic nitrogens is 2. The SMILES string of the molecule is Cc1cnc2c(S(=O)(=O)Nc3ccc4nc(N5CCOCC5)sc4c3)cccc2c1. The molecule has 1 aliphatic rings. The van der Waals surface area contributed by atoms with Gasteiger partial charge in [0.25, 0.3) is 10.0 Å². The van der Waals surface area contributed by atoms with E-state index in [1.807, 2.05) is 31.2 Å². The van der Waals surface area contributed by atoms with E-state index in [1.165, 1.54) is 0 Å². The van der Waals surface area contributed by atoms with E-state index in [2.05, 4.69) is 19.6 Å². The minimum atomic E-state index is -3.79. The minimum absolute atomic E-state index is 0.165. The summed E-state index contributed by atoms with van der Waals surface area (Å²) in [5, 5.41) is 1.73. The molecule has 5 rings (SSSR count). The maximum Gasteiger partial charge on any atom is 0.264 e. The summed E-state index contributed by atoms with van der Waals surface area (Å²) in [5.74, 6) is 0. The Kier molecular flexibility index (Phi) is 4.80. The van der Waals surface area contributed by atoms with Crippen molar-refractivity contribution in [1.82, 2.24) is 9.97 Å². The van der Waals surface area contributed by atoms with Crippen molar-refractivity contribution in [2.75, 3.05) is 35.9 Å². The Morgan fingerprint density at radius 3 is 2.80 bits per heavy atom. The second kappa shape index (κ2) is 7.50. The van der Waals surface area contributed by atoms with Gasteiger partial charge in [0, 0.05) is 24.7 Å². The Balaban J connectivity index is 1.47. The zero-order valence-electron chi connectivity index (χ0n) is 16.3. The Morgan fingerprint density at radius 2 is 1.97 bits per heavy atom. The third kappa shape index (κ3) is 3.60. The maximum atomic E-state index is 13.1. The number of morpholine rings is 1. The summed E-state index contributed by atoms with van der Waals surface area (Å²) in [6.45, 7) is 4.94. The molecule has 0 saturated carbocycles. The van der Waals surface area contributed by atoms with Crippen LogP contribution in [-0.4, -0.2) is 44.7 Å². The van der Waals surface area contributed by atoms with Crippen LogP contribution in [0.1, 0.15) is 5.56 Å². The summed E-state index contributed by atoms with van der Waals surface area (Å²) in [7, 11) is -3.79. The Labute approximate surface area is 178 Å². The molecular weight excluding hydrogens is 420 g/mol. The molecular formula is C21H20N4O3S2. The molecule has 154 valence electrons. The number of hydrogen-bond donors (Lipinski definition) is 1. The lowest BCUT2D eigenvalue weighted by molar-refractivity contribution is 0.122. The number of fused-ring (bicyclic) bond motifs is 2. The zero-order chi connectivity index (χ0) is 20.7. The van der Waals surface area contributed by atoms with E-state index < -0.39 is 10.0 Å². The van der Waals surface area contributed by atoms with Crippen molar-refractivity contribution in [3.63, 3.8) is 0 Å². The van der Waals surface area contributed by atoms with E-state index in [9.17, 15) is 8.42 Å². The number of ether oxygens (including phenoxy) is 1. The van der Waals surface area contributed by atoms with Gasteiger partial charge in [0.2, 0.25) is 0 Å². The first-order valence-corrected chi connectivity index (χ1v) is 11.9. The third-order valence-electron chi connectivity index (χ3n) is 5.01. The molecule has 1 N–H and O–H groups in total. The first kappa shape index (κ1) is 19.2. The summed E-state index contributed by atoms with van der Waals surface area (Å²) in [6.07, 6.45) is 1.68. The number of nitrogens with zero attached hydrogens (tertiary/aromatic N) is 3. The van der Waals surface area contributed by atoms with Crippen LogP contribution in [0.15, 0.2) is 53.6 Å². The monoisotopic (exact) mass is 440 g/mol. The highest BCUT2D eigenvalue weighted by atomic mass is 32.2. The highest BCUT2D eigenvalue weighted by molar-refractivity contribution is 7.93. The maximum absolute atomic E-state index is 13.1. The fourth-order valence-corrected chi connectivity index (χ4v) is 5.82. The number of anilines is 2. The Morgan fingerprint density at radius 1 is 1.13 bits per heavy atom. The van der Waals surface area contributed by atoms with Crippen molar-refractivity contribution < 1.29 is 13.2 Å². The third-order valence-corrected chi connectivity index (χ3v) is 7.50. The van der Waals surface area contributed by atoms with E-state index in [0.29, 0.717) is 24.4 Å². The number of hydrogen-bond acceptors (Lipinski definition) is 7. The fraction of sp³-hybridized carbons (Fsp3) is 0.238. The Bertz CT molecular complexity index is 1350. The molecule has 30 heavy (non-hydrogen) atoms. The molecule has 7 nitrogen and oxygen atoms in total.